The molecule has 3 aromatic rings. The summed E-state index contributed by atoms with van der Waals surface area (Å²) in [7, 11) is 0. The molecule has 6 rings (SSSR count). The number of carbonyl (C=O) groups is 1. The molecule has 0 saturated heterocycles. The third kappa shape index (κ3) is 4.48. The molecule has 2 atom stereocenters. The number of hydrogen-bond donors (Lipinski definition) is 0. The van der Waals surface area contributed by atoms with Crippen molar-refractivity contribution in [1.82, 2.24) is 5.01 Å². The molecule has 1 fully saturated rings. The van der Waals surface area contributed by atoms with Gasteiger partial charge < -0.3 is 0 Å². The third-order valence-corrected chi connectivity index (χ3v) is 9.07. The zero-order valence-electron chi connectivity index (χ0n) is 19.3. The minimum Gasteiger partial charge on any atom is -0.266 e. The highest BCUT2D eigenvalue weighted by Crippen LogP contribution is 2.45. The van der Waals surface area contributed by atoms with Gasteiger partial charge in [-0.2, -0.15) is 5.10 Å². The molecule has 0 N–H and O–H groups in total. The largest absolute Gasteiger partial charge is 0.284 e. The van der Waals surface area contributed by atoms with E-state index in [0.29, 0.717) is 5.02 Å². The summed E-state index contributed by atoms with van der Waals surface area (Å²) < 4.78 is 0. The Morgan fingerprint density at radius 1 is 0.943 bits per heavy atom. The van der Waals surface area contributed by atoms with Gasteiger partial charge in [-0.15, -0.1) is 11.3 Å². The second-order valence-electron chi connectivity index (χ2n) is 9.62. The van der Waals surface area contributed by atoms with E-state index in [4.69, 9.17) is 28.3 Å². The van der Waals surface area contributed by atoms with Gasteiger partial charge in [0.05, 0.1) is 16.6 Å². The molecular formula is C29H26Cl2N2OS. The van der Waals surface area contributed by atoms with E-state index >= 15 is 0 Å². The number of allylic oxidation sites excluding steroid dienone is 1. The molecule has 3 aliphatic rings. The average Bonchev–Trinajstić information content (AvgIpc) is 3.48. The summed E-state index contributed by atoms with van der Waals surface area (Å²) in [6.45, 7) is 0. The number of carbonyl (C=O) groups excluding carboxylic acids is 1. The predicted molar refractivity (Wildman–Crippen MR) is 146 cm³/mol. The second kappa shape index (κ2) is 9.57. The number of fused-ring (bicyclic) bond motifs is 2. The number of amides is 1. The van der Waals surface area contributed by atoms with Gasteiger partial charge in [0.25, 0.3) is 5.91 Å². The first-order valence-corrected chi connectivity index (χ1v) is 13.9. The molecule has 0 spiro atoms. The highest BCUT2D eigenvalue weighted by molar-refractivity contribution is 7.14. The van der Waals surface area contributed by atoms with Gasteiger partial charge in [-0.25, -0.2) is 5.01 Å². The fourth-order valence-electron chi connectivity index (χ4n) is 5.63. The maximum atomic E-state index is 13.9. The van der Waals surface area contributed by atoms with Crippen molar-refractivity contribution in [2.45, 2.75) is 51.0 Å². The average molecular weight is 522 g/mol. The van der Waals surface area contributed by atoms with E-state index < -0.39 is 0 Å². The molecule has 2 aromatic carbocycles. The lowest BCUT2D eigenvalue weighted by Crippen LogP contribution is -2.31. The summed E-state index contributed by atoms with van der Waals surface area (Å²) in [5, 5.41) is 8.24. The fourth-order valence-corrected chi connectivity index (χ4v) is 7.07. The van der Waals surface area contributed by atoms with Crippen LogP contribution in [-0.2, 0) is 12.8 Å². The van der Waals surface area contributed by atoms with Crippen LogP contribution in [0, 0.1) is 5.92 Å². The lowest BCUT2D eigenvalue weighted by molar-refractivity contribution is 0.0686. The van der Waals surface area contributed by atoms with Crippen LogP contribution >= 0.6 is 34.5 Å². The van der Waals surface area contributed by atoms with Crippen molar-refractivity contribution in [3.8, 4) is 0 Å². The molecule has 1 amide bonds. The van der Waals surface area contributed by atoms with E-state index in [2.05, 4.69) is 12.1 Å². The van der Waals surface area contributed by atoms with Crippen LogP contribution in [0.15, 0.2) is 65.3 Å². The van der Waals surface area contributed by atoms with Gasteiger partial charge in [0.15, 0.2) is 0 Å². The summed E-state index contributed by atoms with van der Waals surface area (Å²) in [5.41, 5.74) is 5.79. The quantitative estimate of drug-likeness (QED) is 0.341. The van der Waals surface area contributed by atoms with Crippen LogP contribution in [0.1, 0.15) is 69.4 Å². The monoisotopic (exact) mass is 520 g/mol. The van der Waals surface area contributed by atoms with Crippen LogP contribution in [0.3, 0.4) is 0 Å². The summed E-state index contributed by atoms with van der Waals surface area (Å²) >= 11 is 14.0. The van der Waals surface area contributed by atoms with E-state index in [1.165, 1.54) is 28.9 Å². The molecule has 35 heavy (non-hydrogen) atoms. The Balaban J connectivity index is 1.41. The molecule has 0 unspecified atom stereocenters. The van der Waals surface area contributed by atoms with Gasteiger partial charge in [-0.3, -0.25) is 4.79 Å². The highest BCUT2D eigenvalue weighted by atomic mass is 35.5. The number of benzene rings is 2. The lowest BCUT2D eigenvalue weighted by atomic mass is 9.77. The molecule has 6 heteroatoms. The fraction of sp³-hybridized carbons (Fsp3) is 0.310. The van der Waals surface area contributed by atoms with Gasteiger partial charge in [0.1, 0.15) is 0 Å². The van der Waals surface area contributed by atoms with E-state index in [1.54, 1.807) is 16.3 Å². The van der Waals surface area contributed by atoms with Crippen LogP contribution in [0.5, 0.6) is 0 Å². The first-order chi connectivity index (χ1) is 17.1. The van der Waals surface area contributed by atoms with Gasteiger partial charge in [0, 0.05) is 20.8 Å². The summed E-state index contributed by atoms with van der Waals surface area (Å²) in [5.74, 6) is 0.180. The van der Waals surface area contributed by atoms with E-state index in [-0.39, 0.29) is 17.9 Å². The Labute approximate surface area is 220 Å². The minimum absolute atomic E-state index is 0.0112. The highest BCUT2D eigenvalue weighted by Gasteiger charge is 2.44. The normalized spacial score (nSPS) is 22.6. The van der Waals surface area contributed by atoms with Gasteiger partial charge in [0.2, 0.25) is 0 Å². The molecule has 2 aliphatic carbocycles. The number of aryl methyl sites for hydroxylation is 2. The van der Waals surface area contributed by atoms with Crippen LogP contribution < -0.4 is 0 Å². The number of nitrogens with zero attached hydrogens (tertiary/aromatic N) is 2. The third-order valence-electron chi connectivity index (χ3n) is 7.34. The van der Waals surface area contributed by atoms with Gasteiger partial charge in [-0.05, 0) is 104 Å². The molecule has 0 bridgehead atoms. The van der Waals surface area contributed by atoms with Gasteiger partial charge >= 0.3 is 0 Å². The Hall–Kier alpha value is -2.40. The molecule has 178 valence electrons. The van der Waals surface area contributed by atoms with Crippen LogP contribution in [0.4, 0.5) is 0 Å². The van der Waals surface area contributed by atoms with E-state index in [9.17, 15) is 4.79 Å². The number of hydrogen-bond acceptors (Lipinski definition) is 3. The molecule has 1 aromatic heterocycles. The van der Waals surface area contributed by atoms with Crippen molar-refractivity contribution in [1.29, 1.82) is 0 Å². The summed E-state index contributed by atoms with van der Waals surface area (Å²) in [6.07, 6.45) is 9.82. The van der Waals surface area contributed by atoms with Crippen molar-refractivity contribution >= 4 is 52.2 Å². The maximum Gasteiger partial charge on any atom is 0.284 e. The molecule has 2 heterocycles. The Kier molecular flexibility index (Phi) is 6.30. The Morgan fingerprint density at radius 2 is 1.66 bits per heavy atom. The summed E-state index contributed by atoms with van der Waals surface area (Å²) in [4.78, 5) is 16.1. The summed E-state index contributed by atoms with van der Waals surface area (Å²) in [6, 6.07) is 17.8. The Bertz CT molecular complexity index is 1300. The number of thiophene rings is 1. The van der Waals surface area contributed by atoms with Crippen LogP contribution in [0.25, 0.3) is 6.08 Å². The van der Waals surface area contributed by atoms with Crippen molar-refractivity contribution in [3.05, 3.63) is 96.7 Å². The first-order valence-electron chi connectivity index (χ1n) is 12.3. The smallest absolute Gasteiger partial charge is 0.266 e. The maximum absolute atomic E-state index is 13.9. The predicted octanol–water partition coefficient (Wildman–Crippen LogP) is 8.37. The zero-order valence-corrected chi connectivity index (χ0v) is 21.7. The Morgan fingerprint density at radius 3 is 2.40 bits per heavy atom. The molecule has 3 nitrogen and oxygen atoms in total. The van der Waals surface area contributed by atoms with E-state index in [1.807, 2.05) is 48.5 Å². The van der Waals surface area contributed by atoms with Crippen molar-refractivity contribution in [2.75, 3.05) is 0 Å². The van der Waals surface area contributed by atoms with Crippen molar-refractivity contribution in [3.63, 3.8) is 0 Å². The van der Waals surface area contributed by atoms with Gasteiger partial charge in [-0.1, -0.05) is 47.5 Å². The lowest BCUT2D eigenvalue weighted by Gasteiger charge is -2.29. The van der Waals surface area contributed by atoms with Crippen LogP contribution in [0.2, 0.25) is 10.0 Å². The minimum atomic E-state index is -0.122. The molecule has 1 saturated carbocycles. The zero-order chi connectivity index (χ0) is 23.9. The van der Waals surface area contributed by atoms with Crippen molar-refractivity contribution in [2.24, 2.45) is 11.0 Å². The second-order valence-corrected chi connectivity index (χ2v) is 11.6. The van der Waals surface area contributed by atoms with Crippen molar-refractivity contribution < 1.29 is 4.79 Å². The van der Waals surface area contributed by atoms with Crippen LogP contribution in [-0.4, -0.2) is 16.6 Å². The number of halogens is 2. The number of rotatable bonds is 3. The topological polar surface area (TPSA) is 32.7 Å². The molecular weight excluding hydrogens is 495 g/mol. The molecule has 1 aliphatic heterocycles. The standard InChI is InChI=1S/C29H26Cl2N2OS/c30-22-12-8-18(9-13-22)16-21-5-3-6-24-27(21)32-33(28(24)19-10-14-23(31)15-11-19)29(34)26-17-20-4-1-2-7-25(20)35-26/h8-17,24,28H,1-7H2/b21-16-/t24-,28-/m0/s1. The molecule has 0 radical (unpaired) electrons. The van der Waals surface area contributed by atoms with E-state index in [0.717, 1.165) is 58.8 Å². The number of hydrazone groups is 1. The first kappa shape index (κ1) is 23.0. The SMILES string of the molecule is O=C(c1cc2c(s1)CCCC2)N1N=C2/C(=C\c3ccc(Cl)cc3)CCC[C@@H]2[C@@H]1c1ccc(Cl)cc1.